The van der Waals surface area contributed by atoms with E-state index in [1.54, 1.807) is 19.6 Å². The number of halogens is 1. The van der Waals surface area contributed by atoms with Gasteiger partial charge in [-0.1, -0.05) is 23.7 Å². The molecule has 1 aliphatic rings. The average molecular weight is 462 g/mol. The molecule has 33 heavy (non-hydrogen) atoms. The molecule has 8 heteroatoms. The van der Waals surface area contributed by atoms with Crippen LogP contribution < -0.4 is 0 Å². The third kappa shape index (κ3) is 4.34. The molecule has 2 aromatic heterocycles. The monoisotopic (exact) mass is 461 g/mol. The van der Waals surface area contributed by atoms with Crippen LogP contribution in [-0.4, -0.2) is 50.6 Å². The lowest BCUT2D eigenvalue weighted by atomic mass is 10.1. The van der Waals surface area contributed by atoms with Gasteiger partial charge in [0.15, 0.2) is 5.82 Å². The molecular formula is C25H24ClN5O2. The molecule has 0 bridgehead atoms. The van der Waals surface area contributed by atoms with Crippen molar-refractivity contribution < 1.29 is 9.53 Å². The summed E-state index contributed by atoms with van der Waals surface area (Å²) in [5.41, 5.74) is 4.13. The number of hydrogen-bond acceptors (Lipinski definition) is 5. The summed E-state index contributed by atoms with van der Waals surface area (Å²) in [6, 6.07) is 15.0. The highest BCUT2D eigenvalue weighted by molar-refractivity contribution is 6.30. The fraction of sp³-hybridized carbons (Fsp3) is 0.280. The van der Waals surface area contributed by atoms with E-state index in [4.69, 9.17) is 21.3 Å². The highest BCUT2D eigenvalue weighted by Gasteiger charge is 2.32. The van der Waals surface area contributed by atoms with E-state index in [9.17, 15) is 4.79 Å². The lowest BCUT2D eigenvalue weighted by molar-refractivity contribution is 0.0733. The van der Waals surface area contributed by atoms with Crippen molar-refractivity contribution in [2.75, 3.05) is 20.3 Å². The van der Waals surface area contributed by atoms with Gasteiger partial charge in [0.25, 0.3) is 5.91 Å². The number of ether oxygens (including phenoxy) is 1. The van der Waals surface area contributed by atoms with Gasteiger partial charge in [-0.15, -0.1) is 0 Å². The molecule has 1 fully saturated rings. The predicted octanol–water partition coefficient (Wildman–Crippen LogP) is 4.77. The molecule has 1 saturated heterocycles. The molecule has 7 nitrogen and oxygen atoms in total. The fourth-order valence-electron chi connectivity index (χ4n) is 4.37. The van der Waals surface area contributed by atoms with Crippen LogP contribution in [0.4, 0.5) is 0 Å². The lowest BCUT2D eigenvalue weighted by Gasteiger charge is -2.24. The van der Waals surface area contributed by atoms with Gasteiger partial charge in [-0.3, -0.25) is 4.79 Å². The van der Waals surface area contributed by atoms with E-state index in [1.165, 1.54) is 0 Å². The number of benzene rings is 2. The second kappa shape index (κ2) is 9.29. The number of aromatic nitrogens is 4. The third-order valence-electron chi connectivity index (χ3n) is 6.02. The van der Waals surface area contributed by atoms with E-state index < -0.39 is 0 Å². The van der Waals surface area contributed by atoms with Crippen molar-refractivity contribution in [3.05, 3.63) is 77.3 Å². The molecule has 4 aromatic rings. The summed E-state index contributed by atoms with van der Waals surface area (Å²) in [4.78, 5) is 29.0. The maximum Gasteiger partial charge on any atom is 0.254 e. The number of nitrogens with zero attached hydrogens (tertiary/aromatic N) is 5. The summed E-state index contributed by atoms with van der Waals surface area (Å²) in [5.74, 6) is 0.603. The van der Waals surface area contributed by atoms with Gasteiger partial charge >= 0.3 is 0 Å². The fourth-order valence-corrected chi connectivity index (χ4v) is 4.56. The molecule has 1 aliphatic heterocycles. The maximum atomic E-state index is 13.5. The molecule has 0 saturated carbocycles. The molecule has 0 radical (unpaired) electrons. The van der Waals surface area contributed by atoms with Crippen molar-refractivity contribution in [1.29, 1.82) is 0 Å². The first-order valence-electron chi connectivity index (χ1n) is 11.0. The van der Waals surface area contributed by atoms with Gasteiger partial charge in [-0.05, 0) is 49.2 Å². The van der Waals surface area contributed by atoms with E-state index >= 15 is 0 Å². The van der Waals surface area contributed by atoms with E-state index in [0.29, 0.717) is 29.6 Å². The van der Waals surface area contributed by atoms with Crippen LogP contribution in [-0.2, 0) is 11.3 Å². The average Bonchev–Trinajstić information content (AvgIpc) is 3.49. The predicted molar refractivity (Wildman–Crippen MR) is 127 cm³/mol. The zero-order chi connectivity index (χ0) is 22.8. The Balaban J connectivity index is 1.41. The maximum absolute atomic E-state index is 13.5. The Labute approximate surface area is 197 Å². The summed E-state index contributed by atoms with van der Waals surface area (Å²) >= 11 is 6.14. The van der Waals surface area contributed by atoms with Crippen molar-refractivity contribution in [1.82, 2.24) is 24.4 Å². The van der Waals surface area contributed by atoms with Crippen LogP contribution in [0.5, 0.6) is 0 Å². The zero-order valence-electron chi connectivity index (χ0n) is 18.3. The Hall–Kier alpha value is -3.29. The molecular weight excluding hydrogens is 438 g/mol. The van der Waals surface area contributed by atoms with Crippen molar-refractivity contribution in [2.45, 2.75) is 25.4 Å². The van der Waals surface area contributed by atoms with E-state index in [-0.39, 0.29) is 11.9 Å². The highest BCUT2D eigenvalue weighted by atomic mass is 35.5. The Bertz CT molecular complexity index is 1300. The first-order chi connectivity index (χ1) is 16.1. The molecule has 0 spiro atoms. The van der Waals surface area contributed by atoms with Gasteiger partial charge in [0.2, 0.25) is 0 Å². The van der Waals surface area contributed by atoms with Crippen molar-refractivity contribution >= 4 is 28.5 Å². The van der Waals surface area contributed by atoms with Crippen LogP contribution in [0.2, 0.25) is 5.02 Å². The molecule has 1 atom stereocenters. The first kappa shape index (κ1) is 21.6. The molecule has 2 aromatic carbocycles. The van der Waals surface area contributed by atoms with Crippen LogP contribution in [0, 0.1) is 0 Å². The smallest absolute Gasteiger partial charge is 0.254 e. The highest BCUT2D eigenvalue weighted by Crippen LogP contribution is 2.33. The van der Waals surface area contributed by atoms with Crippen LogP contribution >= 0.6 is 11.6 Å². The Morgan fingerprint density at radius 1 is 1.18 bits per heavy atom. The first-order valence-corrected chi connectivity index (χ1v) is 11.4. The van der Waals surface area contributed by atoms with Gasteiger partial charge in [0.1, 0.15) is 0 Å². The number of carbonyl (C=O) groups excluding carboxylic acids is 1. The van der Waals surface area contributed by atoms with Crippen molar-refractivity contribution in [3.63, 3.8) is 0 Å². The number of rotatable bonds is 6. The minimum atomic E-state index is -0.0895. The molecule has 5 rings (SSSR count). The van der Waals surface area contributed by atoms with Gasteiger partial charge in [-0.2, -0.15) is 0 Å². The molecule has 0 N–H and O–H groups in total. The zero-order valence-corrected chi connectivity index (χ0v) is 19.1. The summed E-state index contributed by atoms with van der Waals surface area (Å²) < 4.78 is 7.20. The van der Waals surface area contributed by atoms with E-state index in [0.717, 1.165) is 41.7 Å². The largest absolute Gasteiger partial charge is 0.383 e. The normalized spacial score (nSPS) is 15.9. The van der Waals surface area contributed by atoms with Gasteiger partial charge in [0.05, 0.1) is 35.7 Å². The van der Waals surface area contributed by atoms with Crippen LogP contribution in [0.1, 0.15) is 34.9 Å². The van der Waals surface area contributed by atoms with E-state index in [2.05, 4.69) is 9.97 Å². The van der Waals surface area contributed by atoms with Crippen molar-refractivity contribution in [2.24, 2.45) is 0 Å². The third-order valence-corrected chi connectivity index (χ3v) is 6.25. The summed E-state index contributed by atoms with van der Waals surface area (Å²) in [5, 5.41) is 0.638. The molecule has 1 amide bonds. The minimum Gasteiger partial charge on any atom is -0.383 e. The molecule has 3 heterocycles. The van der Waals surface area contributed by atoms with Crippen LogP contribution in [0.3, 0.4) is 0 Å². The quantitative estimate of drug-likeness (QED) is 0.413. The number of amides is 1. The number of likely N-dealkylation sites (tertiary alicyclic amines) is 1. The number of carbonyl (C=O) groups is 1. The Morgan fingerprint density at radius 2 is 2.09 bits per heavy atom. The summed E-state index contributed by atoms with van der Waals surface area (Å²) in [6.45, 7) is 2.02. The van der Waals surface area contributed by atoms with Crippen LogP contribution in [0.25, 0.3) is 22.4 Å². The summed E-state index contributed by atoms with van der Waals surface area (Å²) in [6.07, 6.45) is 5.33. The minimum absolute atomic E-state index is 0.00578. The van der Waals surface area contributed by atoms with E-state index in [1.807, 2.05) is 58.0 Å². The molecule has 168 valence electrons. The number of imidazole rings is 1. The second-order valence-electron chi connectivity index (χ2n) is 8.11. The Morgan fingerprint density at radius 3 is 2.94 bits per heavy atom. The second-order valence-corrected chi connectivity index (χ2v) is 8.54. The van der Waals surface area contributed by atoms with Crippen molar-refractivity contribution in [3.8, 4) is 11.4 Å². The molecule has 1 unspecified atom stereocenters. The number of fused-ring (bicyclic) bond motifs is 1. The number of methoxy groups -OCH3 is 1. The summed E-state index contributed by atoms with van der Waals surface area (Å²) in [7, 11) is 1.68. The standard InChI is InChI=1S/C25H24ClN5O2/c1-33-13-12-30-16-28-21-15-18(7-8-22(21)30)25(32)31-11-3-6-23(31)20-9-10-27-24(29-20)17-4-2-5-19(26)14-17/h2,4-5,7-10,14-16,23H,3,6,11-13H2,1H3. The SMILES string of the molecule is COCCn1cnc2cc(C(=O)N3CCCC3c3ccnc(-c4cccc(Cl)c4)n3)ccc21. The van der Waals surface area contributed by atoms with Gasteiger partial charge < -0.3 is 14.2 Å². The Kier molecular flexibility index (Phi) is 6.07. The van der Waals surface area contributed by atoms with Crippen LogP contribution in [0.15, 0.2) is 61.1 Å². The topological polar surface area (TPSA) is 73.1 Å². The lowest BCUT2D eigenvalue weighted by Crippen LogP contribution is -2.31. The number of hydrogen-bond donors (Lipinski definition) is 0. The van der Waals surface area contributed by atoms with Gasteiger partial charge in [-0.25, -0.2) is 15.0 Å². The van der Waals surface area contributed by atoms with Gasteiger partial charge in [0, 0.05) is 42.5 Å². The molecule has 0 aliphatic carbocycles.